The van der Waals surface area contributed by atoms with Crippen molar-refractivity contribution in [1.29, 1.82) is 0 Å². The van der Waals surface area contributed by atoms with Crippen molar-refractivity contribution in [2.45, 2.75) is 13.3 Å². The standard InChI is InChI=1S/C10H14BrNO2/c1-2-14-9-6-7(3-4-12)5-8(11)10(9)13/h5-6,13H,2-4,12H2,1H3. The minimum absolute atomic E-state index is 0.146. The molecule has 1 rings (SSSR count). The molecule has 0 saturated carbocycles. The van der Waals surface area contributed by atoms with Gasteiger partial charge in [-0.15, -0.1) is 0 Å². The third kappa shape index (κ3) is 2.62. The van der Waals surface area contributed by atoms with Crippen LogP contribution in [0.5, 0.6) is 11.5 Å². The molecule has 0 aliphatic heterocycles. The van der Waals surface area contributed by atoms with E-state index in [-0.39, 0.29) is 5.75 Å². The van der Waals surface area contributed by atoms with E-state index >= 15 is 0 Å². The first-order chi connectivity index (χ1) is 6.69. The predicted octanol–water partition coefficient (Wildman–Crippen LogP) is 2.05. The average Bonchev–Trinajstić information content (AvgIpc) is 2.14. The number of hydrogen-bond donors (Lipinski definition) is 2. The molecule has 0 saturated heterocycles. The first-order valence-electron chi connectivity index (χ1n) is 4.53. The number of phenolic OH excluding ortho intramolecular Hbond substituents is 1. The van der Waals surface area contributed by atoms with Gasteiger partial charge in [0, 0.05) is 0 Å². The second-order valence-corrected chi connectivity index (χ2v) is 3.75. The van der Waals surface area contributed by atoms with Gasteiger partial charge in [-0.2, -0.15) is 0 Å². The summed E-state index contributed by atoms with van der Waals surface area (Å²) >= 11 is 3.27. The molecule has 4 heteroatoms. The molecule has 1 aromatic carbocycles. The van der Waals surface area contributed by atoms with Gasteiger partial charge in [0.15, 0.2) is 11.5 Å². The van der Waals surface area contributed by atoms with E-state index in [1.54, 1.807) is 0 Å². The molecule has 78 valence electrons. The fourth-order valence-corrected chi connectivity index (χ4v) is 1.69. The fraction of sp³-hybridized carbons (Fsp3) is 0.400. The van der Waals surface area contributed by atoms with Gasteiger partial charge in [0.05, 0.1) is 11.1 Å². The van der Waals surface area contributed by atoms with Crippen LogP contribution < -0.4 is 10.5 Å². The summed E-state index contributed by atoms with van der Waals surface area (Å²) in [6, 6.07) is 3.67. The minimum atomic E-state index is 0.146. The highest BCUT2D eigenvalue weighted by atomic mass is 79.9. The van der Waals surface area contributed by atoms with Crippen molar-refractivity contribution in [3.63, 3.8) is 0 Å². The molecule has 0 heterocycles. The molecule has 3 N–H and O–H groups in total. The van der Waals surface area contributed by atoms with Gasteiger partial charge in [-0.05, 0) is 53.5 Å². The van der Waals surface area contributed by atoms with Gasteiger partial charge in [-0.25, -0.2) is 0 Å². The summed E-state index contributed by atoms with van der Waals surface area (Å²) in [5.74, 6) is 0.651. The van der Waals surface area contributed by atoms with Crippen molar-refractivity contribution in [2.24, 2.45) is 5.73 Å². The van der Waals surface area contributed by atoms with Crippen molar-refractivity contribution in [2.75, 3.05) is 13.2 Å². The summed E-state index contributed by atoms with van der Waals surface area (Å²) in [6.45, 7) is 3.00. The maximum absolute atomic E-state index is 9.62. The van der Waals surface area contributed by atoms with Crippen molar-refractivity contribution < 1.29 is 9.84 Å². The maximum atomic E-state index is 9.62. The zero-order valence-corrected chi connectivity index (χ0v) is 9.67. The number of phenols is 1. The molecule has 0 aliphatic carbocycles. The van der Waals surface area contributed by atoms with Crippen LogP contribution >= 0.6 is 15.9 Å². The summed E-state index contributed by atoms with van der Waals surface area (Å²) in [7, 11) is 0. The van der Waals surface area contributed by atoms with Gasteiger partial charge in [0.25, 0.3) is 0 Å². The van der Waals surface area contributed by atoms with Crippen LogP contribution in [0, 0.1) is 0 Å². The Balaban J connectivity index is 3.01. The Morgan fingerprint density at radius 2 is 2.21 bits per heavy atom. The van der Waals surface area contributed by atoms with Gasteiger partial charge in [0.2, 0.25) is 0 Å². The summed E-state index contributed by atoms with van der Waals surface area (Å²) in [4.78, 5) is 0. The minimum Gasteiger partial charge on any atom is -0.503 e. The first-order valence-corrected chi connectivity index (χ1v) is 5.32. The van der Waals surface area contributed by atoms with E-state index in [0.29, 0.717) is 23.4 Å². The summed E-state index contributed by atoms with van der Waals surface area (Å²) in [5.41, 5.74) is 6.51. The SMILES string of the molecule is CCOc1cc(CCN)cc(Br)c1O. The Bertz CT molecular complexity index is 315. The lowest BCUT2D eigenvalue weighted by Gasteiger charge is -2.09. The smallest absolute Gasteiger partial charge is 0.172 e. The molecule has 0 fully saturated rings. The second kappa shape index (κ2) is 5.22. The van der Waals surface area contributed by atoms with E-state index in [1.807, 2.05) is 19.1 Å². The zero-order chi connectivity index (χ0) is 10.6. The highest BCUT2D eigenvalue weighted by molar-refractivity contribution is 9.10. The maximum Gasteiger partial charge on any atom is 0.172 e. The van der Waals surface area contributed by atoms with Crippen LogP contribution in [0.4, 0.5) is 0 Å². The topological polar surface area (TPSA) is 55.5 Å². The monoisotopic (exact) mass is 259 g/mol. The van der Waals surface area contributed by atoms with Crippen molar-refractivity contribution in [3.8, 4) is 11.5 Å². The first kappa shape index (κ1) is 11.3. The number of ether oxygens (including phenoxy) is 1. The Morgan fingerprint density at radius 3 is 2.79 bits per heavy atom. The normalized spacial score (nSPS) is 10.2. The van der Waals surface area contributed by atoms with Gasteiger partial charge < -0.3 is 15.6 Å². The number of halogens is 1. The van der Waals surface area contributed by atoms with Crippen LogP contribution in [0.15, 0.2) is 16.6 Å². The van der Waals surface area contributed by atoms with Crippen molar-refractivity contribution >= 4 is 15.9 Å². The van der Waals surface area contributed by atoms with Crippen molar-refractivity contribution in [1.82, 2.24) is 0 Å². The highest BCUT2D eigenvalue weighted by Crippen LogP contribution is 2.35. The lowest BCUT2D eigenvalue weighted by molar-refractivity contribution is 0.317. The lowest BCUT2D eigenvalue weighted by Crippen LogP contribution is -2.03. The average molecular weight is 260 g/mol. The number of benzene rings is 1. The molecule has 0 radical (unpaired) electrons. The quantitative estimate of drug-likeness (QED) is 0.871. The van der Waals surface area contributed by atoms with Crippen LogP contribution in [0.25, 0.3) is 0 Å². The van der Waals surface area contributed by atoms with Crippen LogP contribution in [-0.2, 0) is 6.42 Å². The van der Waals surface area contributed by atoms with Gasteiger partial charge in [0.1, 0.15) is 0 Å². The second-order valence-electron chi connectivity index (χ2n) is 2.90. The lowest BCUT2D eigenvalue weighted by atomic mass is 10.1. The van der Waals surface area contributed by atoms with Gasteiger partial charge in [-0.1, -0.05) is 0 Å². The summed E-state index contributed by atoms with van der Waals surface area (Å²) in [6.07, 6.45) is 0.777. The third-order valence-corrected chi connectivity index (χ3v) is 2.43. The van der Waals surface area contributed by atoms with Gasteiger partial charge in [-0.3, -0.25) is 0 Å². The molecule has 0 unspecified atom stereocenters. The molecule has 0 aromatic heterocycles. The molecule has 3 nitrogen and oxygen atoms in total. The Hall–Kier alpha value is -0.740. The third-order valence-electron chi connectivity index (χ3n) is 1.82. The van der Waals surface area contributed by atoms with Gasteiger partial charge >= 0.3 is 0 Å². The Kier molecular flexibility index (Phi) is 4.22. The molecule has 0 bridgehead atoms. The van der Waals surface area contributed by atoms with Crippen LogP contribution in [-0.4, -0.2) is 18.3 Å². The molecular weight excluding hydrogens is 246 g/mol. The number of rotatable bonds is 4. The van der Waals surface area contributed by atoms with E-state index in [0.717, 1.165) is 12.0 Å². The molecular formula is C10H14BrNO2. The summed E-state index contributed by atoms with van der Waals surface area (Å²) in [5, 5.41) is 9.62. The molecule has 14 heavy (non-hydrogen) atoms. The molecule has 0 atom stereocenters. The number of nitrogens with two attached hydrogens (primary N) is 1. The Morgan fingerprint density at radius 1 is 1.50 bits per heavy atom. The highest BCUT2D eigenvalue weighted by Gasteiger charge is 2.08. The largest absolute Gasteiger partial charge is 0.503 e. The fourth-order valence-electron chi connectivity index (χ4n) is 1.20. The van der Waals surface area contributed by atoms with E-state index in [1.165, 1.54) is 0 Å². The Labute approximate surface area is 92.0 Å². The van der Waals surface area contributed by atoms with E-state index in [2.05, 4.69) is 15.9 Å². The summed E-state index contributed by atoms with van der Waals surface area (Å²) < 4.78 is 5.93. The number of aromatic hydroxyl groups is 1. The predicted molar refractivity (Wildman–Crippen MR) is 59.7 cm³/mol. The van der Waals surface area contributed by atoms with E-state index in [4.69, 9.17) is 10.5 Å². The van der Waals surface area contributed by atoms with E-state index < -0.39 is 0 Å². The molecule has 1 aromatic rings. The van der Waals surface area contributed by atoms with E-state index in [9.17, 15) is 5.11 Å². The van der Waals surface area contributed by atoms with Crippen LogP contribution in [0.1, 0.15) is 12.5 Å². The molecule has 0 spiro atoms. The van der Waals surface area contributed by atoms with Crippen LogP contribution in [0.3, 0.4) is 0 Å². The van der Waals surface area contributed by atoms with Crippen LogP contribution in [0.2, 0.25) is 0 Å². The zero-order valence-electron chi connectivity index (χ0n) is 8.09. The van der Waals surface area contributed by atoms with Crippen molar-refractivity contribution in [3.05, 3.63) is 22.2 Å². The molecule has 0 amide bonds. The molecule has 0 aliphatic rings. The number of hydrogen-bond acceptors (Lipinski definition) is 3.